The van der Waals surface area contributed by atoms with Gasteiger partial charge in [-0.15, -0.1) is 0 Å². The molecule has 0 radical (unpaired) electrons. The highest BCUT2D eigenvalue weighted by atomic mass is 32.2. The second-order valence-corrected chi connectivity index (χ2v) is 8.84. The van der Waals surface area contributed by atoms with Gasteiger partial charge in [0.2, 0.25) is 10.0 Å². The quantitative estimate of drug-likeness (QED) is 0.706. The Hall–Kier alpha value is -2.75. The number of sulfonamides is 1. The predicted octanol–water partition coefficient (Wildman–Crippen LogP) is 0.956. The third-order valence-corrected chi connectivity index (χ3v) is 6.99. The van der Waals surface area contributed by atoms with Gasteiger partial charge in [0, 0.05) is 32.7 Å². The lowest BCUT2D eigenvalue weighted by Crippen LogP contribution is -2.49. The molecule has 2 aromatic carbocycles. The van der Waals surface area contributed by atoms with E-state index in [0.29, 0.717) is 39.3 Å². The van der Waals surface area contributed by atoms with Gasteiger partial charge in [0.05, 0.1) is 16.0 Å². The molecule has 2 aliphatic heterocycles. The Kier molecular flexibility index (Phi) is 5.35. The maximum absolute atomic E-state index is 12.9. The summed E-state index contributed by atoms with van der Waals surface area (Å²) in [6.07, 6.45) is 0. The van der Waals surface area contributed by atoms with Crippen LogP contribution in [0.2, 0.25) is 0 Å². The molecule has 0 saturated carbocycles. The predicted molar refractivity (Wildman–Crippen MR) is 105 cm³/mol. The minimum Gasteiger partial charge on any atom is -0.492 e. The molecule has 29 heavy (non-hydrogen) atoms. The van der Waals surface area contributed by atoms with Crippen LogP contribution in [0.15, 0.2) is 53.4 Å². The van der Waals surface area contributed by atoms with Crippen LogP contribution in [0.5, 0.6) is 5.75 Å². The van der Waals surface area contributed by atoms with Crippen LogP contribution in [0.4, 0.5) is 0 Å². The molecule has 0 bridgehead atoms. The smallest absolute Gasteiger partial charge is 0.258 e. The molecule has 2 heterocycles. The van der Waals surface area contributed by atoms with Crippen LogP contribution in [0.25, 0.3) is 0 Å². The number of rotatable bonds is 6. The average Bonchev–Trinajstić information content (AvgIpc) is 3.02. The second-order valence-electron chi connectivity index (χ2n) is 6.90. The fourth-order valence-electron chi connectivity index (χ4n) is 3.46. The number of imide groups is 1. The molecular weight excluding hydrogens is 394 g/mol. The van der Waals surface area contributed by atoms with Gasteiger partial charge in [-0.05, 0) is 30.3 Å². The number of hydrogen-bond donors (Lipinski definition) is 1. The van der Waals surface area contributed by atoms with E-state index in [0.717, 1.165) is 5.75 Å². The van der Waals surface area contributed by atoms with Gasteiger partial charge in [-0.25, -0.2) is 8.42 Å². The van der Waals surface area contributed by atoms with Crippen LogP contribution in [-0.4, -0.2) is 68.8 Å². The van der Waals surface area contributed by atoms with E-state index in [1.54, 1.807) is 0 Å². The number of nitrogens with one attached hydrogen (secondary N) is 1. The van der Waals surface area contributed by atoms with Crippen LogP contribution in [0, 0.1) is 0 Å². The van der Waals surface area contributed by atoms with Crippen molar-refractivity contribution < 1.29 is 22.7 Å². The molecule has 1 fully saturated rings. The number of benzene rings is 2. The van der Waals surface area contributed by atoms with Crippen molar-refractivity contribution in [1.82, 2.24) is 14.5 Å². The van der Waals surface area contributed by atoms with Crippen molar-refractivity contribution >= 4 is 21.8 Å². The molecule has 0 aromatic heterocycles. The molecule has 152 valence electrons. The van der Waals surface area contributed by atoms with Crippen molar-refractivity contribution in [2.24, 2.45) is 0 Å². The highest BCUT2D eigenvalue weighted by Crippen LogP contribution is 2.23. The Morgan fingerprint density at radius 3 is 2.31 bits per heavy atom. The highest BCUT2D eigenvalue weighted by molar-refractivity contribution is 7.89. The molecule has 8 nitrogen and oxygen atoms in total. The van der Waals surface area contributed by atoms with Gasteiger partial charge in [-0.2, -0.15) is 4.31 Å². The minimum absolute atomic E-state index is 0.0296. The fraction of sp³-hybridized carbons (Fsp3) is 0.300. The summed E-state index contributed by atoms with van der Waals surface area (Å²) in [6.45, 7) is 3.16. The van der Waals surface area contributed by atoms with Gasteiger partial charge >= 0.3 is 0 Å². The molecule has 1 N–H and O–H groups in total. The third-order valence-electron chi connectivity index (χ3n) is 5.10. The largest absolute Gasteiger partial charge is 0.492 e. The first kappa shape index (κ1) is 19.6. The Morgan fingerprint density at radius 1 is 0.897 bits per heavy atom. The topological polar surface area (TPSA) is 96.0 Å². The molecule has 0 aliphatic carbocycles. The first-order chi connectivity index (χ1) is 13.9. The van der Waals surface area contributed by atoms with Crippen LogP contribution in [0.3, 0.4) is 0 Å². The number of ether oxygens (including phenoxy) is 1. The molecule has 1 saturated heterocycles. The number of piperazine rings is 1. The van der Waals surface area contributed by atoms with Gasteiger partial charge in [0.25, 0.3) is 11.8 Å². The third kappa shape index (κ3) is 4.02. The first-order valence-corrected chi connectivity index (χ1v) is 10.8. The summed E-state index contributed by atoms with van der Waals surface area (Å²) in [7, 11) is -3.73. The summed E-state index contributed by atoms with van der Waals surface area (Å²) in [4.78, 5) is 25.6. The lowest BCUT2D eigenvalue weighted by atomic mass is 10.1. The standard InChI is InChI=1S/C20H21N3O5S/c24-19-17-7-6-16(14-18(17)20(25)21-19)29(26,27)23-10-8-22(9-11-23)12-13-28-15-4-2-1-3-5-15/h1-7,14H,8-13H2,(H,21,24,25). The van der Waals surface area contributed by atoms with E-state index < -0.39 is 21.8 Å². The molecule has 0 spiro atoms. The van der Waals surface area contributed by atoms with Crippen molar-refractivity contribution in [3.05, 3.63) is 59.7 Å². The van der Waals surface area contributed by atoms with E-state index in [1.807, 2.05) is 30.3 Å². The Labute approximate surface area is 169 Å². The average molecular weight is 415 g/mol. The number of fused-ring (bicyclic) bond motifs is 1. The van der Waals surface area contributed by atoms with Gasteiger partial charge in [0.1, 0.15) is 12.4 Å². The lowest BCUT2D eigenvalue weighted by molar-refractivity contribution is 0.0879. The van der Waals surface area contributed by atoms with Crippen molar-refractivity contribution in [1.29, 1.82) is 0 Å². The maximum Gasteiger partial charge on any atom is 0.258 e. The number of hydrogen-bond acceptors (Lipinski definition) is 6. The van der Waals surface area contributed by atoms with Crippen molar-refractivity contribution in [2.75, 3.05) is 39.3 Å². The molecule has 0 atom stereocenters. The van der Waals surface area contributed by atoms with E-state index in [2.05, 4.69) is 10.2 Å². The van der Waals surface area contributed by atoms with E-state index in [-0.39, 0.29) is 16.0 Å². The normalized spacial score (nSPS) is 17.8. The summed E-state index contributed by atoms with van der Waals surface area (Å²) >= 11 is 0. The van der Waals surface area contributed by atoms with Crippen LogP contribution >= 0.6 is 0 Å². The first-order valence-electron chi connectivity index (χ1n) is 9.35. The molecule has 2 aliphatic rings. The summed E-state index contributed by atoms with van der Waals surface area (Å²) in [5, 5.41) is 2.17. The Balaban J connectivity index is 1.35. The molecule has 2 aromatic rings. The maximum atomic E-state index is 12.9. The molecular formula is C20H21N3O5S. The summed E-state index contributed by atoms with van der Waals surface area (Å²) in [5.74, 6) is -0.251. The SMILES string of the molecule is O=C1NC(=O)c2cc(S(=O)(=O)N3CCN(CCOc4ccccc4)CC3)ccc21. The second kappa shape index (κ2) is 7.94. The molecule has 0 unspecified atom stereocenters. The zero-order valence-electron chi connectivity index (χ0n) is 15.7. The van der Waals surface area contributed by atoms with E-state index in [4.69, 9.17) is 4.74 Å². The van der Waals surface area contributed by atoms with E-state index in [9.17, 15) is 18.0 Å². The van der Waals surface area contributed by atoms with Gasteiger partial charge in [-0.3, -0.25) is 19.8 Å². The summed E-state index contributed by atoms with van der Waals surface area (Å²) in [6, 6.07) is 13.6. The number of para-hydroxylation sites is 1. The lowest BCUT2D eigenvalue weighted by Gasteiger charge is -2.33. The van der Waals surface area contributed by atoms with Crippen molar-refractivity contribution in [3.63, 3.8) is 0 Å². The number of amides is 2. The summed E-state index contributed by atoms with van der Waals surface area (Å²) < 4.78 is 33.0. The molecule has 9 heteroatoms. The van der Waals surface area contributed by atoms with Gasteiger partial charge in [0.15, 0.2) is 0 Å². The number of carbonyl (C=O) groups is 2. The zero-order chi connectivity index (χ0) is 20.4. The zero-order valence-corrected chi connectivity index (χ0v) is 16.5. The monoisotopic (exact) mass is 415 g/mol. The van der Waals surface area contributed by atoms with E-state index >= 15 is 0 Å². The van der Waals surface area contributed by atoms with Crippen molar-refractivity contribution in [3.8, 4) is 5.75 Å². The minimum atomic E-state index is -3.73. The van der Waals surface area contributed by atoms with Crippen LogP contribution in [0.1, 0.15) is 20.7 Å². The van der Waals surface area contributed by atoms with Gasteiger partial charge < -0.3 is 4.74 Å². The Morgan fingerprint density at radius 2 is 1.59 bits per heavy atom. The Bertz CT molecular complexity index is 1030. The van der Waals surface area contributed by atoms with Crippen LogP contribution < -0.4 is 10.1 Å². The highest BCUT2D eigenvalue weighted by Gasteiger charge is 2.32. The van der Waals surface area contributed by atoms with Crippen molar-refractivity contribution in [2.45, 2.75) is 4.90 Å². The fourth-order valence-corrected chi connectivity index (χ4v) is 4.91. The molecule has 4 rings (SSSR count). The molecule has 2 amide bonds. The van der Waals surface area contributed by atoms with Gasteiger partial charge in [-0.1, -0.05) is 18.2 Å². The number of nitrogens with zero attached hydrogens (tertiary/aromatic N) is 2. The summed E-state index contributed by atoms with van der Waals surface area (Å²) in [5.41, 5.74) is 0.310. The van der Waals surface area contributed by atoms with Crippen LogP contribution in [-0.2, 0) is 10.0 Å². The van der Waals surface area contributed by atoms with E-state index in [1.165, 1.54) is 22.5 Å². The number of carbonyl (C=O) groups excluding carboxylic acids is 2.